The maximum absolute atomic E-state index is 12.1. The van der Waals surface area contributed by atoms with Crippen LogP contribution in [0.2, 0.25) is 0 Å². The Balaban J connectivity index is 1.80. The number of hydrogen-bond donors (Lipinski definition) is 4. The maximum Gasteiger partial charge on any atom is 0.485 e. The van der Waals surface area contributed by atoms with Gasteiger partial charge in [-0.1, -0.05) is 0 Å². The molecule has 1 fully saturated rings. The second kappa shape index (κ2) is 6.93. The molecular formula is C10H15N5O9P2. The van der Waals surface area contributed by atoms with Crippen LogP contribution in [-0.4, -0.2) is 53.9 Å². The molecule has 1 aliphatic heterocycles. The quantitative estimate of drug-likeness (QED) is 0.459. The molecule has 26 heavy (non-hydrogen) atoms. The summed E-state index contributed by atoms with van der Waals surface area (Å²) in [6.07, 6.45) is -1.14. The predicted octanol–water partition coefficient (Wildman–Crippen LogP) is -0.105. The van der Waals surface area contributed by atoms with Gasteiger partial charge in [-0.25, -0.2) is 24.1 Å². The van der Waals surface area contributed by atoms with E-state index in [1.54, 1.807) is 0 Å². The van der Waals surface area contributed by atoms with Crippen molar-refractivity contribution >= 4 is 32.6 Å². The van der Waals surface area contributed by atoms with Crippen LogP contribution in [0.5, 0.6) is 0 Å². The van der Waals surface area contributed by atoms with Gasteiger partial charge in [0, 0.05) is 13.5 Å². The van der Waals surface area contributed by atoms with Crippen molar-refractivity contribution in [1.82, 2.24) is 19.5 Å². The molecule has 0 radical (unpaired) electrons. The molecule has 16 heteroatoms. The fourth-order valence-corrected chi connectivity index (χ4v) is 4.32. The number of aliphatic hydroxyl groups excluding tert-OH is 1. The molecule has 0 spiro atoms. The second-order valence-corrected chi connectivity index (χ2v) is 8.26. The lowest BCUT2D eigenvalue weighted by Crippen LogP contribution is -2.23. The van der Waals surface area contributed by atoms with Crippen LogP contribution in [0, 0.1) is 0 Å². The van der Waals surface area contributed by atoms with E-state index in [4.69, 9.17) is 24.8 Å². The third-order valence-corrected chi connectivity index (χ3v) is 5.97. The summed E-state index contributed by atoms with van der Waals surface area (Å²) in [6, 6.07) is 0. The normalized spacial score (nSPS) is 26.2. The highest BCUT2D eigenvalue weighted by molar-refractivity contribution is 7.61. The molecule has 0 bridgehead atoms. The van der Waals surface area contributed by atoms with Crippen molar-refractivity contribution in [3.8, 4) is 0 Å². The molecule has 3 rings (SSSR count). The molecule has 2 aromatic rings. The van der Waals surface area contributed by atoms with Gasteiger partial charge in [0.25, 0.3) is 0 Å². The third-order valence-electron chi connectivity index (χ3n) is 3.41. The van der Waals surface area contributed by atoms with Gasteiger partial charge in [0.15, 0.2) is 17.8 Å². The summed E-state index contributed by atoms with van der Waals surface area (Å²) >= 11 is 0. The fourth-order valence-electron chi connectivity index (χ4n) is 2.33. The number of phosphoric acid groups is 2. The van der Waals surface area contributed by atoms with Gasteiger partial charge in [-0.05, 0) is 0 Å². The minimum atomic E-state index is -5.18. The van der Waals surface area contributed by atoms with E-state index in [0.717, 1.165) is 7.11 Å². The first kappa shape index (κ1) is 19.3. The summed E-state index contributed by atoms with van der Waals surface area (Å²) in [5.41, 5.74) is 6.35. The van der Waals surface area contributed by atoms with Gasteiger partial charge in [-0.3, -0.25) is 13.6 Å². The summed E-state index contributed by atoms with van der Waals surface area (Å²) in [4.78, 5) is 29.5. The first-order chi connectivity index (χ1) is 12.1. The lowest BCUT2D eigenvalue weighted by atomic mass is 10.2. The molecule has 2 aromatic heterocycles. The summed E-state index contributed by atoms with van der Waals surface area (Å²) < 4.78 is 43.2. The number of nitrogen functional groups attached to an aromatic ring is 1. The zero-order chi connectivity index (χ0) is 19.1. The predicted molar refractivity (Wildman–Crippen MR) is 83.1 cm³/mol. The average Bonchev–Trinajstić information content (AvgIpc) is 3.10. The Kier molecular flexibility index (Phi) is 5.14. The summed E-state index contributed by atoms with van der Waals surface area (Å²) in [5.74, 6) is 0.152. The number of nitrogens with two attached hydrogens (primary N) is 1. The van der Waals surface area contributed by atoms with Crippen molar-refractivity contribution in [2.75, 3.05) is 12.8 Å². The molecular weight excluding hydrogens is 396 g/mol. The Bertz CT molecular complexity index is 900. The van der Waals surface area contributed by atoms with Crippen LogP contribution >= 0.6 is 15.6 Å². The van der Waals surface area contributed by atoms with Crippen molar-refractivity contribution < 1.29 is 42.1 Å². The van der Waals surface area contributed by atoms with Crippen LogP contribution < -0.4 is 5.73 Å². The van der Waals surface area contributed by atoms with E-state index in [-0.39, 0.29) is 12.2 Å². The molecule has 5 N–H and O–H groups in total. The number of anilines is 1. The van der Waals surface area contributed by atoms with E-state index >= 15 is 0 Å². The third kappa shape index (κ3) is 3.93. The lowest BCUT2D eigenvalue weighted by molar-refractivity contribution is -0.134. The largest absolute Gasteiger partial charge is 0.485 e. The zero-order valence-corrected chi connectivity index (χ0v) is 14.9. The Labute approximate surface area is 145 Å². The highest BCUT2D eigenvalue weighted by atomic mass is 31.3. The Hall–Kier alpha value is -1.47. The number of aromatic nitrogens is 4. The average molecular weight is 411 g/mol. The van der Waals surface area contributed by atoms with E-state index in [1.807, 2.05) is 0 Å². The smallest absolute Gasteiger partial charge is 0.388 e. The Morgan fingerprint density at radius 2 is 2.08 bits per heavy atom. The van der Waals surface area contributed by atoms with Crippen molar-refractivity contribution in [1.29, 1.82) is 0 Å². The van der Waals surface area contributed by atoms with Crippen LogP contribution in [0.1, 0.15) is 12.6 Å². The molecule has 3 heterocycles. The molecule has 1 saturated heterocycles. The summed E-state index contributed by atoms with van der Waals surface area (Å²) in [7, 11) is -9.00. The van der Waals surface area contributed by atoms with E-state index in [2.05, 4.69) is 23.8 Å². The van der Waals surface area contributed by atoms with Crippen LogP contribution in [-0.2, 0) is 27.2 Å². The Morgan fingerprint density at radius 1 is 1.35 bits per heavy atom. The van der Waals surface area contributed by atoms with Crippen LogP contribution in [0.3, 0.4) is 0 Å². The molecule has 1 aliphatic rings. The highest BCUT2D eigenvalue weighted by Gasteiger charge is 2.44. The van der Waals surface area contributed by atoms with E-state index in [0.29, 0.717) is 11.2 Å². The summed E-state index contributed by atoms with van der Waals surface area (Å²) in [6.45, 7) is 0. The molecule has 0 aromatic carbocycles. The van der Waals surface area contributed by atoms with Gasteiger partial charge < -0.3 is 25.4 Å². The van der Waals surface area contributed by atoms with Gasteiger partial charge in [0.05, 0.1) is 6.33 Å². The first-order valence-corrected chi connectivity index (χ1v) is 9.98. The molecule has 0 amide bonds. The molecule has 14 nitrogen and oxygen atoms in total. The van der Waals surface area contributed by atoms with Gasteiger partial charge >= 0.3 is 15.6 Å². The molecule has 0 saturated carbocycles. The lowest BCUT2D eigenvalue weighted by Gasteiger charge is -2.21. The monoisotopic (exact) mass is 411 g/mol. The van der Waals surface area contributed by atoms with E-state index in [1.165, 1.54) is 17.2 Å². The number of ether oxygens (including phenoxy) is 1. The number of nitrogens with zero attached hydrogens (tertiary/aromatic N) is 4. The van der Waals surface area contributed by atoms with Gasteiger partial charge in [0.1, 0.15) is 24.2 Å². The van der Waals surface area contributed by atoms with Crippen LogP contribution in [0.15, 0.2) is 12.7 Å². The standard InChI is InChI=1S/C10H15N5O9P2/c1-21-26(20,24-25(17,18)19)23-10-5(16)2-6(22-10)15-4-14-7-8(11)12-3-13-9(7)15/h3-6,10,16H,2H2,1H3,(H2,11,12,13)(H2,17,18,19)/t5-,6+,10+,26?/m0/s1. The van der Waals surface area contributed by atoms with Crippen LogP contribution in [0.4, 0.5) is 5.82 Å². The number of hydrogen-bond acceptors (Lipinski definition) is 11. The molecule has 0 aliphatic carbocycles. The number of rotatable bonds is 6. The number of phosphoric ester groups is 1. The number of fused-ring (bicyclic) bond motifs is 1. The van der Waals surface area contributed by atoms with E-state index < -0.39 is 34.3 Å². The zero-order valence-electron chi connectivity index (χ0n) is 13.1. The molecule has 4 atom stereocenters. The minimum absolute atomic E-state index is 0.0281. The summed E-state index contributed by atoms with van der Waals surface area (Å²) in [5, 5.41) is 10.1. The first-order valence-electron chi connectivity index (χ1n) is 6.99. The number of aliphatic hydroxyl groups is 1. The number of imidazole rings is 1. The topological polar surface area (TPSA) is 201 Å². The van der Waals surface area contributed by atoms with Gasteiger partial charge in [-0.15, -0.1) is 0 Å². The van der Waals surface area contributed by atoms with Gasteiger partial charge in [-0.2, -0.15) is 4.31 Å². The highest BCUT2D eigenvalue weighted by Crippen LogP contribution is 2.62. The molecule has 144 valence electrons. The van der Waals surface area contributed by atoms with Gasteiger partial charge in [0.2, 0.25) is 0 Å². The minimum Gasteiger partial charge on any atom is -0.388 e. The van der Waals surface area contributed by atoms with Crippen molar-refractivity contribution in [3.63, 3.8) is 0 Å². The second-order valence-electron chi connectivity index (χ2n) is 5.15. The Morgan fingerprint density at radius 3 is 2.73 bits per heavy atom. The van der Waals surface area contributed by atoms with E-state index in [9.17, 15) is 14.2 Å². The maximum atomic E-state index is 12.1. The fraction of sp³-hybridized carbons (Fsp3) is 0.500. The van der Waals surface area contributed by atoms with Crippen LogP contribution in [0.25, 0.3) is 11.2 Å². The SMILES string of the molecule is COP(=O)(O[C@H]1O[C@@H](n2cnc3c(N)ncnc32)C[C@@H]1O)OP(=O)(O)O. The van der Waals surface area contributed by atoms with Crippen molar-refractivity contribution in [3.05, 3.63) is 12.7 Å². The van der Waals surface area contributed by atoms with Crippen molar-refractivity contribution in [2.24, 2.45) is 0 Å². The molecule has 1 unspecified atom stereocenters. The van der Waals surface area contributed by atoms with Crippen molar-refractivity contribution in [2.45, 2.75) is 25.0 Å².